The van der Waals surface area contributed by atoms with Gasteiger partial charge >= 0.3 is 0 Å². The predicted molar refractivity (Wildman–Crippen MR) is 74.4 cm³/mol. The molecule has 1 unspecified atom stereocenters. The van der Waals surface area contributed by atoms with E-state index >= 15 is 0 Å². The summed E-state index contributed by atoms with van der Waals surface area (Å²) in [7, 11) is -3.26. The highest BCUT2D eigenvalue weighted by molar-refractivity contribution is 7.92. The molecule has 19 heavy (non-hydrogen) atoms. The molecule has 0 spiro atoms. The Balaban J connectivity index is 2.07. The fourth-order valence-corrected chi connectivity index (χ4v) is 5.00. The molecule has 1 atom stereocenters. The fourth-order valence-electron chi connectivity index (χ4n) is 3.20. The molecule has 1 amide bonds. The summed E-state index contributed by atoms with van der Waals surface area (Å²) >= 11 is 0. The molecule has 5 nitrogen and oxygen atoms in total. The summed E-state index contributed by atoms with van der Waals surface area (Å²) in [5.74, 6) is -0.187. The van der Waals surface area contributed by atoms with Crippen molar-refractivity contribution in [3.8, 4) is 0 Å². The number of hydrogen-bond acceptors (Lipinski definition) is 4. The van der Waals surface area contributed by atoms with Gasteiger partial charge in [-0.25, -0.2) is 8.42 Å². The molecule has 0 aromatic rings. The molecule has 2 aliphatic rings. The third kappa shape index (κ3) is 3.28. The first-order valence-corrected chi connectivity index (χ1v) is 8.94. The van der Waals surface area contributed by atoms with Crippen molar-refractivity contribution in [1.82, 2.24) is 5.32 Å². The van der Waals surface area contributed by atoms with Crippen LogP contribution in [0.4, 0.5) is 0 Å². The number of carbonyl (C=O) groups excluding carboxylic acids is 1. The minimum absolute atomic E-state index is 0.140. The van der Waals surface area contributed by atoms with Crippen LogP contribution in [0.2, 0.25) is 0 Å². The molecule has 1 aliphatic heterocycles. The van der Waals surface area contributed by atoms with E-state index in [9.17, 15) is 13.2 Å². The molecule has 1 saturated heterocycles. The smallest absolute Gasteiger partial charge is 0.238 e. The van der Waals surface area contributed by atoms with E-state index in [1.54, 1.807) is 0 Å². The van der Waals surface area contributed by atoms with Crippen LogP contribution >= 0.6 is 0 Å². The molecule has 2 fully saturated rings. The first kappa shape index (κ1) is 14.8. The van der Waals surface area contributed by atoms with Crippen LogP contribution in [-0.2, 0) is 14.6 Å². The van der Waals surface area contributed by atoms with Gasteiger partial charge in [-0.1, -0.05) is 25.7 Å². The largest absolute Gasteiger partial charge is 0.348 e. The molecule has 3 N–H and O–H groups in total. The number of rotatable bonds is 3. The predicted octanol–water partition coefficient (Wildman–Crippen LogP) is 0.731. The molecule has 2 rings (SSSR count). The van der Waals surface area contributed by atoms with E-state index < -0.39 is 15.1 Å². The van der Waals surface area contributed by atoms with E-state index in [2.05, 4.69) is 5.32 Å². The van der Waals surface area contributed by atoms with Gasteiger partial charge in [-0.3, -0.25) is 4.79 Å². The van der Waals surface area contributed by atoms with Gasteiger partial charge in [0.05, 0.1) is 11.3 Å². The molecule has 0 radical (unpaired) electrons. The van der Waals surface area contributed by atoms with Crippen LogP contribution in [0.5, 0.6) is 0 Å². The molecule has 1 heterocycles. The lowest BCUT2D eigenvalue weighted by Gasteiger charge is -2.38. The summed E-state index contributed by atoms with van der Waals surface area (Å²) in [6.45, 7) is 0.394. The SMILES string of the molecule is NCC1(NC(=O)C2CCCCS2(=O)=O)CCCCC1. The molecule has 1 saturated carbocycles. The van der Waals surface area contributed by atoms with Crippen LogP contribution in [0.1, 0.15) is 51.4 Å². The molecule has 110 valence electrons. The first-order chi connectivity index (χ1) is 8.99. The van der Waals surface area contributed by atoms with Gasteiger partial charge in [-0.05, 0) is 25.7 Å². The topological polar surface area (TPSA) is 89.3 Å². The van der Waals surface area contributed by atoms with Gasteiger partial charge in [0.15, 0.2) is 9.84 Å². The van der Waals surface area contributed by atoms with Crippen molar-refractivity contribution in [3.05, 3.63) is 0 Å². The third-order valence-electron chi connectivity index (χ3n) is 4.46. The van der Waals surface area contributed by atoms with Crippen molar-refractivity contribution in [3.63, 3.8) is 0 Å². The van der Waals surface area contributed by atoms with Crippen LogP contribution < -0.4 is 11.1 Å². The summed E-state index contributed by atoms with van der Waals surface area (Å²) < 4.78 is 23.9. The summed E-state index contributed by atoms with van der Waals surface area (Å²) in [5, 5.41) is 2.11. The van der Waals surface area contributed by atoms with Crippen LogP contribution in [0.15, 0.2) is 0 Å². The maximum absolute atomic E-state index is 12.3. The van der Waals surface area contributed by atoms with Gasteiger partial charge in [-0.2, -0.15) is 0 Å². The van der Waals surface area contributed by atoms with Crippen molar-refractivity contribution in [2.24, 2.45) is 5.73 Å². The minimum atomic E-state index is -3.26. The molecule has 6 heteroatoms. The van der Waals surface area contributed by atoms with Crippen LogP contribution in [0.25, 0.3) is 0 Å². The highest BCUT2D eigenvalue weighted by Crippen LogP contribution is 2.28. The Labute approximate surface area is 115 Å². The Morgan fingerprint density at radius 1 is 1.16 bits per heavy atom. The minimum Gasteiger partial charge on any atom is -0.348 e. The molecular formula is C13H24N2O3S. The first-order valence-electron chi connectivity index (χ1n) is 7.23. The van der Waals surface area contributed by atoms with E-state index in [1.165, 1.54) is 6.42 Å². The van der Waals surface area contributed by atoms with Crippen molar-refractivity contribution in [2.45, 2.75) is 62.2 Å². The number of nitrogens with one attached hydrogen (secondary N) is 1. The summed E-state index contributed by atoms with van der Waals surface area (Å²) in [6, 6.07) is 0. The second-order valence-corrected chi connectivity index (χ2v) is 8.19. The number of hydrogen-bond donors (Lipinski definition) is 2. The zero-order valence-electron chi connectivity index (χ0n) is 11.4. The Hall–Kier alpha value is -0.620. The zero-order chi connectivity index (χ0) is 13.9. The zero-order valence-corrected chi connectivity index (χ0v) is 12.2. The highest BCUT2D eigenvalue weighted by Gasteiger charge is 2.39. The molecule has 0 aromatic heterocycles. The van der Waals surface area contributed by atoms with Crippen molar-refractivity contribution in [2.75, 3.05) is 12.3 Å². The lowest BCUT2D eigenvalue weighted by Crippen LogP contribution is -2.58. The number of amides is 1. The number of nitrogens with two attached hydrogens (primary N) is 1. The Bertz CT molecular complexity index is 427. The fraction of sp³-hybridized carbons (Fsp3) is 0.923. The molecule has 0 bridgehead atoms. The summed E-state index contributed by atoms with van der Waals surface area (Å²) in [4.78, 5) is 12.3. The lowest BCUT2D eigenvalue weighted by molar-refractivity contribution is -0.123. The van der Waals surface area contributed by atoms with Gasteiger partial charge in [0.25, 0.3) is 0 Å². The summed E-state index contributed by atoms with van der Waals surface area (Å²) in [6.07, 6.45) is 6.93. The van der Waals surface area contributed by atoms with Crippen LogP contribution in [0, 0.1) is 0 Å². The van der Waals surface area contributed by atoms with Gasteiger partial charge in [0.2, 0.25) is 5.91 Å². The van der Waals surface area contributed by atoms with E-state index in [4.69, 9.17) is 5.73 Å². The van der Waals surface area contributed by atoms with E-state index in [0.29, 0.717) is 19.4 Å². The molecular weight excluding hydrogens is 264 g/mol. The normalized spacial score (nSPS) is 29.6. The second-order valence-electron chi connectivity index (χ2n) is 5.89. The van der Waals surface area contributed by atoms with Crippen molar-refractivity contribution >= 4 is 15.7 Å². The van der Waals surface area contributed by atoms with Gasteiger partial charge in [-0.15, -0.1) is 0 Å². The van der Waals surface area contributed by atoms with E-state index in [1.807, 2.05) is 0 Å². The Morgan fingerprint density at radius 2 is 1.84 bits per heavy atom. The monoisotopic (exact) mass is 288 g/mol. The quantitative estimate of drug-likeness (QED) is 0.801. The maximum atomic E-state index is 12.3. The average molecular weight is 288 g/mol. The number of sulfone groups is 1. The molecule has 0 aromatic carbocycles. The van der Waals surface area contributed by atoms with Crippen LogP contribution in [-0.4, -0.2) is 37.4 Å². The Kier molecular flexibility index (Phi) is 4.50. The van der Waals surface area contributed by atoms with Crippen LogP contribution in [0.3, 0.4) is 0 Å². The standard InChI is InChI=1S/C13H24N2O3S/c14-10-13(7-3-1-4-8-13)15-12(16)11-6-2-5-9-19(11,17)18/h11H,1-10,14H2,(H,15,16). The third-order valence-corrected chi connectivity index (χ3v) is 6.64. The lowest BCUT2D eigenvalue weighted by atomic mass is 9.81. The molecule has 1 aliphatic carbocycles. The second kappa shape index (κ2) is 5.79. The van der Waals surface area contributed by atoms with Crippen molar-refractivity contribution < 1.29 is 13.2 Å². The van der Waals surface area contributed by atoms with Gasteiger partial charge < -0.3 is 11.1 Å². The average Bonchev–Trinajstić information content (AvgIpc) is 2.39. The van der Waals surface area contributed by atoms with E-state index in [0.717, 1.165) is 32.1 Å². The summed E-state index contributed by atoms with van der Waals surface area (Å²) in [5.41, 5.74) is 5.45. The van der Waals surface area contributed by atoms with Crippen molar-refractivity contribution in [1.29, 1.82) is 0 Å². The van der Waals surface area contributed by atoms with E-state index in [-0.39, 0.29) is 17.2 Å². The van der Waals surface area contributed by atoms with Gasteiger partial charge in [0.1, 0.15) is 5.25 Å². The Morgan fingerprint density at radius 3 is 2.42 bits per heavy atom. The maximum Gasteiger partial charge on any atom is 0.238 e. The number of carbonyl (C=O) groups is 1. The van der Waals surface area contributed by atoms with Gasteiger partial charge in [0, 0.05) is 6.54 Å². The highest BCUT2D eigenvalue weighted by atomic mass is 32.2.